The normalized spacial score (nSPS) is 22.2. The fourth-order valence-corrected chi connectivity index (χ4v) is 3.79. The largest absolute Gasteiger partial charge is 0.327 e. The smallest absolute Gasteiger partial charge is 0.140 e. The highest BCUT2D eigenvalue weighted by Crippen LogP contribution is 2.56. The minimum atomic E-state index is -0.572. The SMILES string of the molecule is C[C@H]1CC1(C)c1c(F)cc(F)cc1-c1ncc(-c2ccccc2)n1C. The predicted molar refractivity (Wildman–Crippen MR) is 95.1 cm³/mol. The summed E-state index contributed by atoms with van der Waals surface area (Å²) in [5, 5.41) is 0. The predicted octanol–water partition coefficient (Wildman–Crippen LogP) is 5.33. The van der Waals surface area contributed by atoms with Crippen molar-refractivity contribution < 1.29 is 8.78 Å². The summed E-state index contributed by atoms with van der Waals surface area (Å²) in [6, 6.07) is 12.3. The van der Waals surface area contributed by atoms with Crippen LogP contribution in [-0.2, 0) is 12.5 Å². The molecule has 0 aliphatic heterocycles. The molecule has 0 N–H and O–H groups in total. The monoisotopic (exact) mass is 338 g/mol. The van der Waals surface area contributed by atoms with Crippen molar-refractivity contribution in [2.24, 2.45) is 13.0 Å². The molecule has 128 valence electrons. The summed E-state index contributed by atoms with van der Waals surface area (Å²) >= 11 is 0. The van der Waals surface area contributed by atoms with E-state index in [2.05, 4.69) is 11.9 Å². The molecule has 0 radical (unpaired) electrons. The molecule has 25 heavy (non-hydrogen) atoms. The number of rotatable bonds is 3. The Morgan fingerprint density at radius 3 is 2.48 bits per heavy atom. The van der Waals surface area contributed by atoms with Crippen LogP contribution in [0, 0.1) is 17.6 Å². The highest BCUT2D eigenvalue weighted by molar-refractivity contribution is 5.69. The van der Waals surface area contributed by atoms with Crippen LogP contribution in [0.25, 0.3) is 22.6 Å². The molecule has 1 aliphatic carbocycles. The lowest BCUT2D eigenvalue weighted by Crippen LogP contribution is -2.11. The number of hydrogen-bond acceptors (Lipinski definition) is 1. The first-order valence-corrected chi connectivity index (χ1v) is 8.49. The lowest BCUT2D eigenvalue weighted by atomic mass is 9.90. The third-order valence-electron chi connectivity index (χ3n) is 5.58. The number of nitrogens with zero attached hydrogens (tertiary/aromatic N) is 2. The van der Waals surface area contributed by atoms with Gasteiger partial charge in [-0.1, -0.05) is 44.2 Å². The Morgan fingerprint density at radius 2 is 1.84 bits per heavy atom. The van der Waals surface area contributed by atoms with Gasteiger partial charge >= 0.3 is 0 Å². The van der Waals surface area contributed by atoms with Crippen molar-refractivity contribution in [3.05, 3.63) is 65.9 Å². The first-order chi connectivity index (χ1) is 11.9. The molecule has 1 fully saturated rings. The van der Waals surface area contributed by atoms with Gasteiger partial charge in [-0.25, -0.2) is 13.8 Å². The first-order valence-electron chi connectivity index (χ1n) is 8.49. The van der Waals surface area contributed by atoms with Crippen LogP contribution in [-0.4, -0.2) is 9.55 Å². The Bertz CT molecular complexity index is 946. The van der Waals surface area contributed by atoms with Crippen molar-refractivity contribution >= 4 is 0 Å². The fraction of sp³-hybridized carbons (Fsp3) is 0.286. The second-order valence-corrected chi connectivity index (χ2v) is 7.22. The Kier molecular flexibility index (Phi) is 3.53. The van der Waals surface area contributed by atoms with E-state index in [0.29, 0.717) is 22.9 Å². The van der Waals surface area contributed by atoms with Crippen molar-refractivity contribution in [1.82, 2.24) is 9.55 Å². The molecule has 4 rings (SSSR count). The van der Waals surface area contributed by atoms with Crippen molar-refractivity contribution in [1.29, 1.82) is 0 Å². The Hall–Kier alpha value is -2.49. The van der Waals surface area contributed by atoms with E-state index in [1.165, 1.54) is 6.07 Å². The molecule has 2 atom stereocenters. The molecule has 1 unspecified atom stereocenters. The van der Waals surface area contributed by atoms with Crippen LogP contribution >= 0.6 is 0 Å². The van der Waals surface area contributed by atoms with Gasteiger partial charge in [-0.3, -0.25) is 0 Å². The molecule has 0 spiro atoms. The molecule has 1 aromatic heterocycles. The van der Waals surface area contributed by atoms with Crippen LogP contribution in [0.4, 0.5) is 8.78 Å². The molecule has 0 amide bonds. The van der Waals surface area contributed by atoms with Crippen LogP contribution in [0.1, 0.15) is 25.8 Å². The molecular formula is C21H20F2N2. The van der Waals surface area contributed by atoms with Gasteiger partial charge in [0.1, 0.15) is 17.5 Å². The summed E-state index contributed by atoms with van der Waals surface area (Å²) in [5.74, 6) is -0.0869. The Morgan fingerprint density at radius 1 is 1.16 bits per heavy atom. The minimum Gasteiger partial charge on any atom is -0.327 e. The highest BCUT2D eigenvalue weighted by atomic mass is 19.1. The zero-order chi connectivity index (χ0) is 17.8. The summed E-state index contributed by atoms with van der Waals surface area (Å²) in [5.41, 5.74) is 2.81. The number of benzene rings is 2. The number of aromatic nitrogens is 2. The molecule has 1 aliphatic rings. The lowest BCUT2D eigenvalue weighted by molar-refractivity contribution is 0.549. The maximum Gasteiger partial charge on any atom is 0.140 e. The van der Waals surface area contributed by atoms with Crippen LogP contribution in [0.2, 0.25) is 0 Å². The average molecular weight is 338 g/mol. The van der Waals surface area contributed by atoms with E-state index in [4.69, 9.17) is 0 Å². The van der Waals surface area contributed by atoms with Gasteiger partial charge in [0.05, 0.1) is 11.9 Å². The van der Waals surface area contributed by atoms with Crippen molar-refractivity contribution in [3.8, 4) is 22.6 Å². The van der Waals surface area contributed by atoms with E-state index in [1.54, 1.807) is 6.20 Å². The maximum absolute atomic E-state index is 14.7. The highest BCUT2D eigenvalue weighted by Gasteiger charge is 2.51. The van der Waals surface area contributed by atoms with Crippen LogP contribution in [0.3, 0.4) is 0 Å². The van der Waals surface area contributed by atoms with E-state index in [-0.39, 0.29) is 5.41 Å². The van der Waals surface area contributed by atoms with Crippen LogP contribution < -0.4 is 0 Å². The van der Waals surface area contributed by atoms with E-state index >= 15 is 0 Å². The number of imidazole rings is 1. The standard InChI is InChI=1S/C21H20F2N2/c1-13-11-21(13,2)19-16(9-15(22)10-17(19)23)20-24-12-18(25(20)3)14-7-5-4-6-8-14/h4-10,12-13H,11H2,1-3H3/t13-,21?/m0/s1. The zero-order valence-corrected chi connectivity index (χ0v) is 14.6. The molecule has 2 aromatic carbocycles. The summed E-state index contributed by atoms with van der Waals surface area (Å²) in [4.78, 5) is 4.50. The number of halogens is 2. The van der Waals surface area contributed by atoms with Gasteiger partial charge in [0.25, 0.3) is 0 Å². The molecule has 1 heterocycles. The molecule has 1 saturated carbocycles. The van der Waals surface area contributed by atoms with Gasteiger partial charge in [-0.2, -0.15) is 0 Å². The van der Waals surface area contributed by atoms with E-state index < -0.39 is 11.6 Å². The van der Waals surface area contributed by atoms with E-state index in [0.717, 1.165) is 23.7 Å². The third-order valence-corrected chi connectivity index (χ3v) is 5.58. The second-order valence-electron chi connectivity index (χ2n) is 7.22. The summed E-state index contributed by atoms with van der Waals surface area (Å²) in [6.45, 7) is 4.14. The fourth-order valence-electron chi connectivity index (χ4n) is 3.79. The van der Waals surface area contributed by atoms with Gasteiger partial charge < -0.3 is 4.57 Å². The van der Waals surface area contributed by atoms with E-state index in [9.17, 15) is 8.78 Å². The van der Waals surface area contributed by atoms with Crippen LogP contribution in [0.5, 0.6) is 0 Å². The van der Waals surface area contributed by atoms with Crippen molar-refractivity contribution in [2.75, 3.05) is 0 Å². The van der Waals surface area contributed by atoms with Gasteiger partial charge in [-0.05, 0) is 29.4 Å². The molecule has 4 heteroatoms. The molecule has 0 saturated heterocycles. The lowest BCUT2D eigenvalue weighted by Gasteiger charge is -2.18. The van der Waals surface area contributed by atoms with Crippen molar-refractivity contribution in [3.63, 3.8) is 0 Å². The molecule has 2 nitrogen and oxygen atoms in total. The first kappa shape index (κ1) is 16.0. The van der Waals surface area contributed by atoms with Crippen LogP contribution in [0.15, 0.2) is 48.7 Å². The van der Waals surface area contributed by atoms with E-state index in [1.807, 2.05) is 48.9 Å². The number of hydrogen-bond donors (Lipinski definition) is 0. The van der Waals surface area contributed by atoms with Gasteiger partial charge in [0, 0.05) is 24.2 Å². The minimum absolute atomic E-state index is 0.258. The molecule has 3 aromatic rings. The average Bonchev–Trinajstić information content (AvgIpc) is 3.00. The summed E-state index contributed by atoms with van der Waals surface area (Å²) in [7, 11) is 1.88. The molecule has 0 bridgehead atoms. The third kappa shape index (κ3) is 2.48. The van der Waals surface area contributed by atoms with Gasteiger partial charge in [0.15, 0.2) is 0 Å². The Labute approximate surface area is 146 Å². The maximum atomic E-state index is 14.7. The van der Waals surface area contributed by atoms with Gasteiger partial charge in [0.2, 0.25) is 0 Å². The van der Waals surface area contributed by atoms with Crippen molar-refractivity contribution in [2.45, 2.75) is 25.7 Å². The van der Waals surface area contributed by atoms with Gasteiger partial charge in [-0.15, -0.1) is 0 Å². The second kappa shape index (κ2) is 5.51. The molecular weight excluding hydrogens is 318 g/mol. The quantitative estimate of drug-likeness (QED) is 0.631. The Balaban J connectivity index is 1.91. The summed E-state index contributed by atoms with van der Waals surface area (Å²) < 4.78 is 30.6. The zero-order valence-electron chi connectivity index (χ0n) is 14.6. The summed E-state index contributed by atoms with van der Waals surface area (Å²) in [6.07, 6.45) is 2.66. The topological polar surface area (TPSA) is 17.8 Å².